The van der Waals surface area contributed by atoms with Gasteiger partial charge in [0.1, 0.15) is 6.61 Å². The Bertz CT molecular complexity index is 427. The van der Waals surface area contributed by atoms with Crippen molar-refractivity contribution < 1.29 is 33.4 Å². The fourth-order valence-electron chi connectivity index (χ4n) is 1.77. The molecule has 1 saturated carbocycles. The average Bonchev–Trinajstić information content (AvgIpc) is 3.03. The summed E-state index contributed by atoms with van der Waals surface area (Å²) in [5.41, 5.74) is -1.38. The predicted molar refractivity (Wildman–Crippen MR) is 65.2 cm³/mol. The molecule has 2 N–H and O–H groups in total. The van der Waals surface area contributed by atoms with E-state index < -0.39 is 37.7 Å². The van der Waals surface area contributed by atoms with E-state index >= 15 is 0 Å². The van der Waals surface area contributed by atoms with Gasteiger partial charge in [-0.05, 0) is 13.3 Å². The van der Waals surface area contributed by atoms with E-state index in [0.717, 1.165) is 0 Å². The van der Waals surface area contributed by atoms with Crippen molar-refractivity contribution in [2.75, 3.05) is 19.4 Å². The molecule has 0 aromatic carbocycles. The van der Waals surface area contributed by atoms with Crippen LogP contribution in [-0.2, 0) is 23.6 Å². The summed E-state index contributed by atoms with van der Waals surface area (Å²) in [7, 11) is -4.23. The molecule has 0 aromatic heterocycles. The normalized spacial score (nSPS) is 25.5. The van der Waals surface area contributed by atoms with Gasteiger partial charge >= 0.3 is 19.5 Å². The van der Waals surface area contributed by atoms with Crippen molar-refractivity contribution in [1.82, 2.24) is 0 Å². The molecule has 0 saturated heterocycles. The number of carbonyl (C=O) groups is 2. The molecular weight excluding hydrogens is 275 g/mol. The van der Waals surface area contributed by atoms with Crippen molar-refractivity contribution in [3.63, 3.8) is 0 Å². The van der Waals surface area contributed by atoms with Crippen LogP contribution in [0.25, 0.3) is 0 Å². The van der Waals surface area contributed by atoms with Crippen molar-refractivity contribution in [2.45, 2.75) is 13.3 Å². The van der Waals surface area contributed by atoms with Crippen LogP contribution in [-0.4, -0.2) is 41.1 Å². The third-order valence-electron chi connectivity index (χ3n) is 2.92. The second-order valence-electron chi connectivity index (χ2n) is 4.26. The van der Waals surface area contributed by atoms with E-state index in [2.05, 4.69) is 6.58 Å². The van der Waals surface area contributed by atoms with Crippen molar-refractivity contribution >= 4 is 19.5 Å². The monoisotopic (exact) mass is 292 g/mol. The lowest BCUT2D eigenvalue weighted by molar-refractivity contribution is -0.164. The Kier molecular flexibility index (Phi) is 4.90. The Morgan fingerprint density at radius 2 is 2.00 bits per heavy atom. The molecule has 0 radical (unpaired) electrons. The van der Waals surface area contributed by atoms with Crippen molar-refractivity contribution in [2.24, 2.45) is 11.3 Å². The molecule has 7 nitrogen and oxygen atoms in total. The Balaban J connectivity index is 2.63. The summed E-state index contributed by atoms with van der Waals surface area (Å²) >= 11 is 0. The molecule has 0 spiro atoms. The van der Waals surface area contributed by atoms with Gasteiger partial charge in [0, 0.05) is 5.92 Å². The highest BCUT2D eigenvalue weighted by Gasteiger charge is 2.67. The van der Waals surface area contributed by atoms with Crippen LogP contribution in [0.3, 0.4) is 0 Å². The fourth-order valence-corrected chi connectivity index (χ4v) is 2.10. The van der Waals surface area contributed by atoms with Crippen molar-refractivity contribution in [3.05, 3.63) is 12.7 Å². The molecule has 1 fully saturated rings. The summed E-state index contributed by atoms with van der Waals surface area (Å²) < 4.78 is 20.2. The lowest BCUT2D eigenvalue weighted by Gasteiger charge is -2.14. The molecule has 0 amide bonds. The van der Waals surface area contributed by atoms with Crippen LogP contribution in [0.2, 0.25) is 0 Å². The van der Waals surface area contributed by atoms with Gasteiger partial charge in [-0.15, -0.1) is 6.58 Å². The standard InChI is InChI=1S/C11H17O7P/c1-3-8-7-11(8,9(12)17-4-2)10(13)18-5-6-19(14,15)16/h3,8H,1,4-7H2,2H3,(H2,14,15,16). The maximum atomic E-state index is 11.9. The van der Waals surface area contributed by atoms with Gasteiger partial charge in [-0.1, -0.05) is 6.08 Å². The SMILES string of the molecule is C=CC1CC1(C(=O)OCC)C(=O)OCCP(=O)(O)O. The Hall–Kier alpha value is -1.17. The van der Waals surface area contributed by atoms with Crippen LogP contribution in [0.1, 0.15) is 13.3 Å². The summed E-state index contributed by atoms with van der Waals surface area (Å²) in [5, 5.41) is 0. The van der Waals surface area contributed by atoms with Gasteiger partial charge in [-0.3, -0.25) is 14.2 Å². The van der Waals surface area contributed by atoms with E-state index in [-0.39, 0.29) is 18.9 Å². The topological polar surface area (TPSA) is 110 Å². The first kappa shape index (κ1) is 15.9. The summed E-state index contributed by atoms with van der Waals surface area (Å²) in [6.45, 7) is 4.85. The second-order valence-corrected chi connectivity index (χ2v) is 6.04. The zero-order valence-electron chi connectivity index (χ0n) is 10.6. The highest BCUT2D eigenvalue weighted by molar-refractivity contribution is 7.51. The minimum Gasteiger partial charge on any atom is -0.465 e. The van der Waals surface area contributed by atoms with Crippen LogP contribution in [0.4, 0.5) is 0 Å². The smallest absolute Gasteiger partial charge is 0.328 e. The molecule has 0 aromatic rings. The van der Waals surface area contributed by atoms with Crippen LogP contribution >= 0.6 is 7.60 Å². The predicted octanol–water partition coefficient (Wildman–Crippen LogP) is 0.463. The van der Waals surface area contributed by atoms with Gasteiger partial charge in [-0.25, -0.2) is 0 Å². The van der Waals surface area contributed by atoms with Gasteiger partial charge in [0.2, 0.25) is 0 Å². The Morgan fingerprint density at radius 3 is 2.42 bits per heavy atom. The lowest BCUT2D eigenvalue weighted by atomic mass is 10.0. The zero-order valence-corrected chi connectivity index (χ0v) is 11.5. The summed E-state index contributed by atoms with van der Waals surface area (Å²) in [6, 6.07) is 0. The maximum Gasteiger partial charge on any atom is 0.328 e. The van der Waals surface area contributed by atoms with E-state index in [1.807, 2.05) is 0 Å². The Morgan fingerprint density at radius 1 is 1.42 bits per heavy atom. The molecule has 8 heteroatoms. The molecule has 2 unspecified atom stereocenters. The van der Waals surface area contributed by atoms with Crippen LogP contribution < -0.4 is 0 Å². The van der Waals surface area contributed by atoms with E-state index in [1.165, 1.54) is 6.08 Å². The molecule has 1 aliphatic carbocycles. The molecule has 0 bridgehead atoms. The quantitative estimate of drug-likeness (QED) is 0.303. The third kappa shape index (κ3) is 3.65. The lowest BCUT2D eigenvalue weighted by Crippen LogP contribution is -2.32. The van der Waals surface area contributed by atoms with E-state index in [0.29, 0.717) is 0 Å². The molecule has 1 rings (SSSR count). The number of ether oxygens (including phenoxy) is 2. The molecule has 19 heavy (non-hydrogen) atoms. The first-order valence-electron chi connectivity index (χ1n) is 5.79. The van der Waals surface area contributed by atoms with Gasteiger partial charge in [0.05, 0.1) is 12.8 Å². The molecular formula is C11H17O7P. The number of rotatable bonds is 7. The summed E-state index contributed by atoms with van der Waals surface area (Å²) in [6.07, 6.45) is 1.15. The fraction of sp³-hybridized carbons (Fsp3) is 0.636. The summed E-state index contributed by atoms with van der Waals surface area (Å²) in [5.74, 6) is -1.85. The Labute approximate surface area is 110 Å². The van der Waals surface area contributed by atoms with E-state index in [4.69, 9.17) is 19.3 Å². The van der Waals surface area contributed by atoms with Crippen LogP contribution in [0.5, 0.6) is 0 Å². The second kappa shape index (κ2) is 5.86. The van der Waals surface area contributed by atoms with Gasteiger partial charge < -0.3 is 19.3 Å². The van der Waals surface area contributed by atoms with Gasteiger partial charge in [0.25, 0.3) is 0 Å². The first-order chi connectivity index (χ1) is 8.78. The third-order valence-corrected chi connectivity index (χ3v) is 3.68. The molecule has 0 heterocycles. The largest absolute Gasteiger partial charge is 0.465 e. The minimum absolute atomic E-state index is 0.139. The number of hydrogen-bond acceptors (Lipinski definition) is 5. The van der Waals surface area contributed by atoms with Crippen molar-refractivity contribution in [3.8, 4) is 0 Å². The van der Waals surface area contributed by atoms with Gasteiger partial charge in [0.15, 0.2) is 5.41 Å². The first-order valence-corrected chi connectivity index (χ1v) is 7.59. The number of hydrogen-bond donors (Lipinski definition) is 2. The highest BCUT2D eigenvalue weighted by atomic mass is 31.2. The average molecular weight is 292 g/mol. The maximum absolute atomic E-state index is 11.9. The molecule has 0 aliphatic heterocycles. The van der Waals surface area contributed by atoms with E-state index in [9.17, 15) is 14.2 Å². The molecule has 1 aliphatic rings. The molecule has 108 valence electrons. The highest BCUT2D eigenvalue weighted by Crippen LogP contribution is 2.55. The number of esters is 2. The summed E-state index contributed by atoms with van der Waals surface area (Å²) in [4.78, 5) is 41.0. The van der Waals surface area contributed by atoms with Gasteiger partial charge in [-0.2, -0.15) is 0 Å². The van der Waals surface area contributed by atoms with E-state index in [1.54, 1.807) is 6.92 Å². The number of allylic oxidation sites excluding steroid dienone is 1. The molecule has 2 atom stereocenters. The number of carbonyl (C=O) groups excluding carboxylic acids is 2. The van der Waals surface area contributed by atoms with Crippen LogP contribution in [0, 0.1) is 11.3 Å². The van der Waals surface area contributed by atoms with Crippen LogP contribution in [0.15, 0.2) is 12.7 Å². The van der Waals surface area contributed by atoms with Crippen molar-refractivity contribution in [1.29, 1.82) is 0 Å². The minimum atomic E-state index is -4.23. The zero-order chi connectivity index (χ0) is 14.7.